The Balaban J connectivity index is 2.64. The minimum Gasteiger partial charge on any atom is -0.476 e. The molecule has 0 aliphatic carbocycles. The lowest BCUT2D eigenvalue weighted by atomic mass is 10.0. The van der Waals surface area contributed by atoms with E-state index in [2.05, 4.69) is 30.9 Å². The zero-order valence-corrected chi connectivity index (χ0v) is 11.9. The van der Waals surface area contributed by atoms with Gasteiger partial charge in [0, 0.05) is 11.8 Å². The number of hydrogen-bond donors (Lipinski definition) is 2. The fraction of sp³-hybridized carbons (Fsp3) is 0.0833. The number of nitrogens with two attached hydrogens (primary N) is 1. The third kappa shape index (κ3) is 2.50. The van der Waals surface area contributed by atoms with Crippen molar-refractivity contribution in [3.8, 4) is 11.3 Å². The van der Waals surface area contributed by atoms with E-state index in [-0.39, 0.29) is 15.9 Å². The summed E-state index contributed by atoms with van der Waals surface area (Å²) in [7, 11) is 0. The van der Waals surface area contributed by atoms with Crippen molar-refractivity contribution in [2.24, 2.45) is 5.73 Å². The number of pyridine rings is 1. The molecule has 2 heterocycles. The number of aromatic nitrogens is 3. The number of carboxylic acids is 1. The number of hydrogen-bond acceptors (Lipinski definition) is 5. The Morgan fingerprint density at radius 3 is 2.60 bits per heavy atom. The van der Waals surface area contributed by atoms with E-state index in [1.165, 1.54) is 12.4 Å². The first kappa shape index (κ1) is 14.1. The zero-order chi connectivity index (χ0) is 14.9. The van der Waals surface area contributed by atoms with Gasteiger partial charge in [0.1, 0.15) is 4.60 Å². The van der Waals surface area contributed by atoms with Gasteiger partial charge in [-0.1, -0.05) is 0 Å². The smallest absolute Gasteiger partial charge is 0.357 e. The van der Waals surface area contributed by atoms with Crippen molar-refractivity contribution in [2.45, 2.75) is 6.92 Å². The monoisotopic (exact) mass is 336 g/mol. The van der Waals surface area contributed by atoms with Crippen molar-refractivity contribution in [1.29, 1.82) is 0 Å². The molecule has 2 aromatic heterocycles. The summed E-state index contributed by atoms with van der Waals surface area (Å²) in [5.41, 5.74) is 6.62. The number of primary amides is 1. The van der Waals surface area contributed by atoms with Crippen LogP contribution in [-0.2, 0) is 0 Å². The van der Waals surface area contributed by atoms with Crippen LogP contribution in [0.2, 0.25) is 0 Å². The number of rotatable bonds is 3. The number of aromatic carboxylic acids is 1. The van der Waals surface area contributed by atoms with Gasteiger partial charge in [-0.25, -0.2) is 14.8 Å². The standard InChI is InChI=1S/C12H9BrN4O3/c1-5-8(11(14)18)6(2-3-15-5)7-4-16-9(12(19)20)10(13)17-7/h2-4H,1H3,(H2,14,18)(H,19,20). The second-order valence-electron chi connectivity index (χ2n) is 3.88. The third-order valence-corrected chi connectivity index (χ3v) is 3.15. The Morgan fingerprint density at radius 2 is 2.05 bits per heavy atom. The van der Waals surface area contributed by atoms with Crippen molar-refractivity contribution in [3.63, 3.8) is 0 Å². The van der Waals surface area contributed by atoms with E-state index in [9.17, 15) is 9.59 Å². The lowest BCUT2D eigenvalue weighted by molar-refractivity contribution is 0.0688. The Kier molecular flexibility index (Phi) is 3.75. The van der Waals surface area contributed by atoms with E-state index in [0.717, 1.165) is 0 Å². The molecule has 8 heteroatoms. The molecule has 2 rings (SSSR count). The van der Waals surface area contributed by atoms with E-state index >= 15 is 0 Å². The Bertz CT molecular complexity index is 718. The van der Waals surface area contributed by atoms with Gasteiger partial charge >= 0.3 is 5.97 Å². The average molecular weight is 337 g/mol. The van der Waals surface area contributed by atoms with Crippen LogP contribution in [0.15, 0.2) is 23.1 Å². The zero-order valence-electron chi connectivity index (χ0n) is 10.3. The molecule has 0 atom stereocenters. The first-order valence-electron chi connectivity index (χ1n) is 5.43. The molecular formula is C12H9BrN4O3. The number of nitrogens with zero attached hydrogens (tertiary/aromatic N) is 3. The molecule has 0 bridgehead atoms. The Morgan fingerprint density at radius 1 is 1.35 bits per heavy atom. The SMILES string of the molecule is Cc1nccc(-c2cnc(C(=O)O)c(Br)n2)c1C(N)=O. The molecule has 0 radical (unpaired) electrons. The van der Waals surface area contributed by atoms with Gasteiger partial charge in [0.05, 0.1) is 23.1 Å². The number of amides is 1. The molecule has 3 N–H and O–H groups in total. The van der Waals surface area contributed by atoms with Crippen LogP contribution in [0, 0.1) is 6.92 Å². The molecule has 0 saturated heterocycles. The second-order valence-corrected chi connectivity index (χ2v) is 4.63. The average Bonchev–Trinajstić information content (AvgIpc) is 2.37. The second kappa shape index (κ2) is 5.33. The van der Waals surface area contributed by atoms with Crippen LogP contribution >= 0.6 is 15.9 Å². The van der Waals surface area contributed by atoms with Gasteiger partial charge in [-0.2, -0.15) is 0 Å². The molecule has 0 aromatic carbocycles. The Labute approximate surface area is 122 Å². The van der Waals surface area contributed by atoms with E-state index in [1.54, 1.807) is 13.0 Å². The fourth-order valence-electron chi connectivity index (χ4n) is 1.73. The summed E-state index contributed by atoms with van der Waals surface area (Å²) in [5, 5.41) is 8.90. The normalized spacial score (nSPS) is 10.3. The van der Waals surface area contributed by atoms with E-state index < -0.39 is 11.9 Å². The van der Waals surface area contributed by atoms with Crippen molar-refractivity contribution in [1.82, 2.24) is 15.0 Å². The largest absolute Gasteiger partial charge is 0.476 e. The minimum atomic E-state index is -1.20. The molecular weight excluding hydrogens is 328 g/mol. The molecule has 0 unspecified atom stereocenters. The molecule has 7 nitrogen and oxygen atoms in total. The van der Waals surface area contributed by atoms with Gasteiger partial charge in [-0.15, -0.1) is 0 Å². The van der Waals surface area contributed by atoms with Crippen LogP contribution in [0.1, 0.15) is 26.5 Å². The first-order valence-corrected chi connectivity index (χ1v) is 6.22. The molecule has 0 spiro atoms. The summed E-state index contributed by atoms with van der Waals surface area (Å²) in [5.74, 6) is -1.83. The van der Waals surface area contributed by atoms with Crippen molar-refractivity contribution < 1.29 is 14.7 Å². The van der Waals surface area contributed by atoms with E-state index in [0.29, 0.717) is 17.0 Å². The van der Waals surface area contributed by atoms with E-state index in [4.69, 9.17) is 10.8 Å². The Hall–Kier alpha value is -2.35. The van der Waals surface area contributed by atoms with Crippen LogP contribution in [0.25, 0.3) is 11.3 Å². The summed E-state index contributed by atoms with van der Waals surface area (Å²) in [6.45, 7) is 1.65. The van der Waals surface area contributed by atoms with Gasteiger partial charge in [-0.05, 0) is 28.9 Å². The quantitative estimate of drug-likeness (QED) is 0.874. The summed E-state index contributed by atoms with van der Waals surface area (Å²) in [6, 6.07) is 1.57. The van der Waals surface area contributed by atoms with Gasteiger partial charge in [-0.3, -0.25) is 9.78 Å². The van der Waals surface area contributed by atoms with Gasteiger partial charge in [0.2, 0.25) is 0 Å². The van der Waals surface area contributed by atoms with Crippen molar-refractivity contribution >= 4 is 27.8 Å². The maximum absolute atomic E-state index is 11.5. The molecule has 2 aromatic rings. The number of aryl methyl sites for hydroxylation is 1. The highest BCUT2D eigenvalue weighted by Crippen LogP contribution is 2.24. The number of carbonyl (C=O) groups is 2. The summed E-state index contributed by atoms with van der Waals surface area (Å²) in [6.07, 6.45) is 2.78. The predicted molar refractivity (Wildman–Crippen MR) is 73.2 cm³/mol. The first-order chi connectivity index (χ1) is 9.41. The summed E-state index contributed by atoms with van der Waals surface area (Å²) in [4.78, 5) is 34.3. The van der Waals surface area contributed by atoms with Crippen molar-refractivity contribution in [3.05, 3.63) is 40.0 Å². The van der Waals surface area contributed by atoms with Gasteiger partial charge in [0.25, 0.3) is 5.91 Å². The van der Waals surface area contributed by atoms with Crippen LogP contribution < -0.4 is 5.73 Å². The summed E-state index contributed by atoms with van der Waals surface area (Å²) >= 11 is 3.04. The van der Waals surface area contributed by atoms with Gasteiger partial charge in [0.15, 0.2) is 5.69 Å². The minimum absolute atomic E-state index is 0.0763. The predicted octanol–water partition coefficient (Wildman–Crippen LogP) is 1.41. The lowest BCUT2D eigenvalue weighted by Crippen LogP contribution is -2.15. The lowest BCUT2D eigenvalue weighted by Gasteiger charge is -2.09. The van der Waals surface area contributed by atoms with Crippen LogP contribution in [-0.4, -0.2) is 31.9 Å². The van der Waals surface area contributed by atoms with E-state index in [1.807, 2.05) is 0 Å². The molecule has 1 amide bonds. The number of carboxylic acid groups (broad SMARTS) is 1. The molecule has 0 saturated carbocycles. The molecule has 0 aliphatic heterocycles. The highest BCUT2D eigenvalue weighted by molar-refractivity contribution is 9.10. The highest BCUT2D eigenvalue weighted by atomic mass is 79.9. The number of halogens is 1. The number of carbonyl (C=O) groups excluding carboxylic acids is 1. The third-order valence-electron chi connectivity index (χ3n) is 2.60. The highest BCUT2D eigenvalue weighted by Gasteiger charge is 2.18. The maximum atomic E-state index is 11.5. The molecule has 0 aliphatic rings. The fourth-order valence-corrected chi connectivity index (χ4v) is 2.19. The van der Waals surface area contributed by atoms with Crippen molar-refractivity contribution in [2.75, 3.05) is 0 Å². The molecule has 102 valence electrons. The summed E-state index contributed by atoms with van der Waals surface area (Å²) < 4.78 is 0.0763. The topological polar surface area (TPSA) is 119 Å². The van der Waals surface area contributed by atoms with Crippen LogP contribution in [0.5, 0.6) is 0 Å². The van der Waals surface area contributed by atoms with Crippen LogP contribution in [0.4, 0.5) is 0 Å². The molecule has 20 heavy (non-hydrogen) atoms. The molecule has 0 fully saturated rings. The van der Waals surface area contributed by atoms with Crippen LogP contribution in [0.3, 0.4) is 0 Å². The maximum Gasteiger partial charge on any atom is 0.357 e. The van der Waals surface area contributed by atoms with Gasteiger partial charge < -0.3 is 10.8 Å².